The van der Waals surface area contributed by atoms with Crippen molar-refractivity contribution in [3.8, 4) is 0 Å². The Hall–Kier alpha value is -2.35. The van der Waals surface area contributed by atoms with Crippen LogP contribution in [0.15, 0.2) is 23.6 Å². The minimum Gasteiger partial charge on any atom is -0.298 e. The second-order valence-corrected chi connectivity index (χ2v) is 4.52. The molecule has 0 aliphatic carbocycles. The fourth-order valence-corrected chi connectivity index (χ4v) is 2.11. The van der Waals surface area contributed by atoms with Crippen LogP contribution in [0.25, 0.3) is 0 Å². The summed E-state index contributed by atoms with van der Waals surface area (Å²) < 4.78 is 13.1. The number of hydrogen-bond donors (Lipinski definition) is 1. The summed E-state index contributed by atoms with van der Waals surface area (Å²) in [5.74, 6) is -1.48. The predicted molar refractivity (Wildman–Crippen MR) is 67.9 cm³/mol. The van der Waals surface area contributed by atoms with Gasteiger partial charge in [-0.2, -0.15) is 0 Å². The normalized spacial score (nSPS) is 10.2. The van der Waals surface area contributed by atoms with E-state index in [1.807, 2.05) is 0 Å². The van der Waals surface area contributed by atoms with Crippen LogP contribution in [-0.4, -0.2) is 15.8 Å². The number of aryl methyl sites for hydroxylation is 1. The van der Waals surface area contributed by atoms with Crippen LogP contribution in [0, 0.1) is 22.9 Å². The van der Waals surface area contributed by atoms with E-state index in [2.05, 4.69) is 10.3 Å². The first-order chi connectivity index (χ1) is 8.97. The van der Waals surface area contributed by atoms with Crippen molar-refractivity contribution in [2.24, 2.45) is 0 Å². The van der Waals surface area contributed by atoms with Crippen molar-refractivity contribution < 1.29 is 14.1 Å². The van der Waals surface area contributed by atoms with E-state index in [-0.39, 0.29) is 5.56 Å². The van der Waals surface area contributed by atoms with Crippen molar-refractivity contribution in [3.63, 3.8) is 0 Å². The molecule has 0 bridgehead atoms. The molecular weight excluding hydrogens is 273 g/mol. The highest BCUT2D eigenvalue weighted by Crippen LogP contribution is 2.22. The molecule has 0 radical (unpaired) electrons. The summed E-state index contributed by atoms with van der Waals surface area (Å²) in [5.41, 5.74) is -0.0703. The molecule has 0 spiro atoms. The lowest BCUT2D eigenvalue weighted by atomic mass is 10.1. The van der Waals surface area contributed by atoms with E-state index < -0.39 is 22.3 Å². The van der Waals surface area contributed by atoms with Crippen molar-refractivity contribution >= 4 is 28.1 Å². The van der Waals surface area contributed by atoms with Gasteiger partial charge in [-0.05, 0) is 19.1 Å². The van der Waals surface area contributed by atoms with Gasteiger partial charge in [-0.3, -0.25) is 20.2 Å². The lowest BCUT2D eigenvalue weighted by Gasteiger charge is -2.03. The van der Waals surface area contributed by atoms with E-state index in [1.54, 1.807) is 12.3 Å². The van der Waals surface area contributed by atoms with Crippen LogP contribution in [0.5, 0.6) is 0 Å². The van der Waals surface area contributed by atoms with Crippen LogP contribution in [0.4, 0.5) is 15.2 Å². The van der Waals surface area contributed by atoms with Gasteiger partial charge in [-0.1, -0.05) is 0 Å². The van der Waals surface area contributed by atoms with Gasteiger partial charge in [0.2, 0.25) is 0 Å². The summed E-state index contributed by atoms with van der Waals surface area (Å²) in [7, 11) is 0. The molecule has 1 N–H and O–H groups in total. The van der Waals surface area contributed by atoms with Crippen molar-refractivity contribution in [1.29, 1.82) is 0 Å². The summed E-state index contributed by atoms with van der Waals surface area (Å²) in [6, 6.07) is 2.72. The molecule has 0 atom stereocenters. The average molecular weight is 281 g/mol. The van der Waals surface area contributed by atoms with Crippen molar-refractivity contribution in [1.82, 2.24) is 4.98 Å². The van der Waals surface area contributed by atoms with Gasteiger partial charge in [0.05, 0.1) is 10.6 Å². The average Bonchev–Trinajstić information content (AvgIpc) is 2.74. The number of thiazole rings is 1. The zero-order valence-electron chi connectivity index (χ0n) is 9.71. The molecule has 19 heavy (non-hydrogen) atoms. The van der Waals surface area contributed by atoms with E-state index in [0.717, 1.165) is 18.2 Å². The lowest BCUT2D eigenvalue weighted by Crippen LogP contribution is -2.14. The molecule has 0 saturated carbocycles. The molecule has 1 aromatic heterocycles. The summed E-state index contributed by atoms with van der Waals surface area (Å²) in [4.78, 5) is 25.9. The van der Waals surface area contributed by atoms with Gasteiger partial charge in [-0.15, -0.1) is 11.3 Å². The smallest absolute Gasteiger partial charge is 0.282 e. The SMILES string of the molecule is Cc1csc(NC(=O)c2cc(F)ccc2[N+](=O)[O-])n1. The second kappa shape index (κ2) is 5.11. The van der Waals surface area contributed by atoms with Gasteiger partial charge >= 0.3 is 0 Å². The number of halogens is 1. The number of aromatic nitrogens is 1. The topological polar surface area (TPSA) is 85.1 Å². The fraction of sp³-hybridized carbons (Fsp3) is 0.0909. The highest BCUT2D eigenvalue weighted by molar-refractivity contribution is 7.13. The Labute approximate surface area is 111 Å². The van der Waals surface area contributed by atoms with Gasteiger partial charge in [0.1, 0.15) is 11.4 Å². The van der Waals surface area contributed by atoms with E-state index in [9.17, 15) is 19.3 Å². The molecule has 0 aliphatic heterocycles. The third-order valence-electron chi connectivity index (χ3n) is 2.24. The first-order valence-corrected chi connectivity index (χ1v) is 6.03. The molecule has 0 saturated heterocycles. The number of carbonyl (C=O) groups excluding carboxylic acids is 1. The Balaban J connectivity index is 2.32. The zero-order valence-corrected chi connectivity index (χ0v) is 10.5. The molecule has 6 nitrogen and oxygen atoms in total. The van der Waals surface area contributed by atoms with E-state index >= 15 is 0 Å². The molecule has 2 aromatic rings. The third-order valence-corrected chi connectivity index (χ3v) is 3.11. The highest BCUT2D eigenvalue weighted by Gasteiger charge is 2.21. The first kappa shape index (κ1) is 13.1. The van der Waals surface area contributed by atoms with Crippen LogP contribution in [0.2, 0.25) is 0 Å². The van der Waals surface area contributed by atoms with Crippen LogP contribution < -0.4 is 5.32 Å². The second-order valence-electron chi connectivity index (χ2n) is 3.67. The monoisotopic (exact) mass is 281 g/mol. The van der Waals surface area contributed by atoms with E-state index in [4.69, 9.17) is 0 Å². The molecule has 8 heteroatoms. The molecular formula is C11H8FN3O3S. The van der Waals surface area contributed by atoms with Crippen molar-refractivity contribution in [2.75, 3.05) is 5.32 Å². The number of nitro groups is 1. The van der Waals surface area contributed by atoms with Crippen LogP contribution in [0.1, 0.15) is 16.1 Å². The zero-order chi connectivity index (χ0) is 14.0. The van der Waals surface area contributed by atoms with Gasteiger partial charge in [0, 0.05) is 11.4 Å². The largest absolute Gasteiger partial charge is 0.298 e. The molecule has 0 unspecified atom stereocenters. The number of benzene rings is 1. The number of carbonyl (C=O) groups is 1. The van der Waals surface area contributed by atoms with Gasteiger partial charge in [0.25, 0.3) is 11.6 Å². The molecule has 1 heterocycles. The molecule has 0 aliphatic rings. The van der Waals surface area contributed by atoms with Crippen LogP contribution in [0.3, 0.4) is 0 Å². The van der Waals surface area contributed by atoms with Crippen molar-refractivity contribution in [3.05, 3.63) is 50.8 Å². The van der Waals surface area contributed by atoms with Crippen molar-refractivity contribution in [2.45, 2.75) is 6.92 Å². The summed E-state index contributed by atoms with van der Waals surface area (Å²) in [6.45, 7) is 1.75. The summed E-state index contributed by atoms with van der Waals surface area (Å²) in [5, 5.41) is 15.2. The van der Waals surface area contributed by atoms with E-state index in [1.165, 1.54) is 11.3 Å². The molecule has 0 fully saturated rings. The number of amides is 1. The minimum absolute atomic E-state index is 0.307. The lowest BCUT2D eigenvalue weighted by molar-refractivity contribution is -0.385. The maximum Gasteiger partial charge on any atom is 0.282 e. The van der Waals surface area contributed by atoms with Gasteiger partial charge in [-0.25, -0.2) is 9.37 Å². The molecule has 1 amide bonds. The Kier molecular flexibility index (Phi) is 3.52. The first-order valence-electron chi connectivity index (χ1n) is 5.15. The van der Waals surface area contributed by atoms with Gasteiger partial charge < -0.3 is 0 Å². The predicted octanol–water partition coefficient (Wildman–Crippen LogP) is 2.75. The Morgan fingerprint density at radius 3 is 2.84 bits per heavy atom. The molecule has 1 aromatic carbocycles. The standard InChI is InChI=1S/C11H8FN3O3S/c1-6-5-19-11(13-6)14-10(16)8-4-7(12)2-3-9(8)15(17)18/h2-5H,1H3,(H,13,14,16). The van der Waals surface area contributed by atoms with Gasteiger partial charge in [0.15, 0.2) is 5.13 Å². The Bertz CT molecular complexity index is 656. The summed E-state index contributed by atoms with van der Waals surface area (Å²) in [6.07, 6.45) is 0. The Morgan fingerprint density at radius 2 is 2.26 bits per heavy atom. The number of nitrogens with zero attached hydrogens (tertiary/aromatic N) is 2. The Morgan fingerprint density at radius 1 is 1.53 bits per heavy atom. The number of anilines is 1. The summed E-state index contributed by atoms with van der Waals surface area (Å²) >= 11 is 1.18. The minimum atomic E-state index is -0.763. The number of nitro benzene ring substituents is 1. The highest BCUT2D eigenvalue weighted by atomic mass is 32.1. The number of rotatable bonds is 3. The number of hydrogen-bond acceptors (Lipinski definition) is 5. The maximum absolute atomic E-state index is 13.1. The maximum atomic E-state index is 13.1. The quantitative estimate of drug-likeness (QED) is 0.692. The van der Waals surface area contributed by atoms with E-state index in [0.29, 0.717) is 10.8 Å². The molecule has 2 rings (SSSR count). The van der Waals surface area contributed by atoms with Crippen LogP contribution >= 0.6 is 11.3 Å². The third kappa shape index (κ3) is 2.91. The fourth-order valence-electron chi connectivity index (χ4n) is 1.43. The molecule has 98 valence electrons. The van der Waals surface area contributed by atoms with Crippen LogP contribution in [-0.2, 0) is 0 Å². The number of nitrogens with one attached hydrogen (secondary N) is 1.